The van der Waals surface area contributed by atoms with Crippen LogP contribution in [0.2, 0.25) is 0 Å². The first-order valence-electron chi connectivity index (χ1n) is 9.75. The lowest BCUT2D eigenvalue weighted by Crippen LogP contribution is -2.38. The summed E-state index contributed by atoms with van der Waals surface area (Å²) in [4.78, 5) is 19.2. The molecule has 2 aliphatic rings. The van der Waals surface area contributed by atoms with Crippen molar-refractivity contribution in [2.24, 2.45) is 4.99 Å². The average Bonchev–Trinajstić information content (AvgIpc) is 3.14. The van der Waals surface area contributed by atoms with Gasteiger partial charge in [0.1, 0.15) is 5.75 Å². The van der Waals surface area contributed by atoms with Crippen molar-refractivity contribution in [1.29, 1.82) is 0 Å². The minimum atomic E-state index is -3.10. The molecule has 4 rings (SSSR count). The summed E-state index contributed by atoms with van der Waals surface area (Å²) in [5.74, 6) is 0.572. The van der Waals surface area contributed by atoms with Crippen molar-refractivity contribution in [2.45, 2.75) is 31.6 Å². The number of carbonyl (C=O) groups is 1. The molecule has 2 aromatic carbocycles. The second kappa shape index (κ2) is 8.07. The predicted molar refractivity (Wildman–Crippen MR) is 121 cm³/mol. The summed E-state index contributed by atoms with van der Waals surface area (Å²) in [5, 5.41) is 0.462. The highest BCUT2D eigenvalue weighted by atomic mass is 32.2. The summed E-state index contributed by atoms with van der Waals surface area (Å²) >= 11 is 1.40. The molecule has 2 aliphatic heterocycles. The summed E-state index contributed by atoms with van der Waals surface area (Å²) < 4.78 is 29.9. The minimum absolute atomic E-state index is 0.0815. The number of methoxy groups -OCH3 is 1. The maximum absolute atomic E-state index is 12.8. The largest absolute Gasteiger partial charge is 0.496 e. The third-order valence-corrected chi connectivity index (χ3v) is 8.71. The van der Waals surface area contributed by atoms with Crippen LogP contribution < -0.4 is 9.64 Å². The zero-order valence-corrected chi connectivity index (χ0v) is 18.8. The first-order valence-corrected chi connectivity index (χ1v) is 12.4. The van der Waals surface area contributed by atoms with Crippen LogP contribution >= 0.6 is 11.8 Å². The van der Waals surface area contributed by atoms with Gasteiger partial charge in [0.25, 0.3) is 5.91 Å². The quantitative estimate of drug-likeness (QED) is 0.721. The maximum Gasteiger partial charge on any atom is 0.252 e. The number of amidine groups is 1. The molecule has 0 spiro atoms. The molecule has 0 aromatic heterocycles. The van der Waals surface area contributed by atoms with Gasteiger partial charge in [-0.1, -0.05) is 48.2 Å². The number of nitrogens with zero attached hydrogens (tertiary/aromatic N) is 2. The number of aryl methyl sites for hydroxylation is 2. The van der Waals surface area contributed by atoms with Crippen molar-refractivity contribution in [3.05, 3.63) is 59.2 Å². The number of rotatable bonds is 4. The van der Waals surface area contributed by atoms with Crippen LogP contribution in [0.4, 0.5) is 5.69 Å². The number of hydrogen-bond acceptors (Lipinski definition) is 5. The van der Waals surface area contributed by atoms with Gasteiger partial charge in [0.05, 0.1) is 31.1 Å². The minimum Gasteiger partial charge on any atom is -0.496 e. The van der Waals surface area contributed by atoms with Crippen LogP contribution in [0.1, 0.15) is 16.7 Å². The third kappa shape index (κ3) is 3.98. The highest BCUT2D eigenvalue weighted by Gasteiger charge is 2.49. The van der Waals surface area contributed by atoms with E-state index in [-0.39, 0.29) is 35.1 Å². The standard InChI is InChI=1S/C22H24N2O4S2/c1-14-7-6-8-15(2)21(14)24-17-12-30(26,27)13-19(17)29-22(24)23-20(25)11-16-9-4-5-10-18(16)28-3/h4-10,17,19H,11-13H2,1-3H3/t17-,19+/m1/s1. The third-order valence-electron chi connectivity index (χ3n) is 5.50. The van der Waals surface area contributed by atoms with Crippen molar-refractivity contribution in [2.75, 3.05) is 23.5 Å². The lowest BCUT2D eigenvalue weighted by Gasteiger charge is -2.28. The first kappa shape index (κ1) is 20.9. The lowest BCUT2D eigenvalue weighted by molar-refractivity contribution is -0.117. The second-order valence-electron chi connectivity index (χ2n) is 7.69. The highest BCUT2D eigenvalue weighted by molar-refractivity contribution is 8.16. The van der Waals surface area contributed by atoms with Gasteiger partial charge in [-0.3, -0.25) is 4.79 Å². The Labute approximate surface area is 181 Å². The average molecular weight is 445 g/mol. The molecule has 0 bridgehead atoms. The van der Waals surface area contributed by atoms with Crippen molar-refractivity contribution < 1.29 is 17.9 Å². The van der Waals surface area contributed by atoms with Gasteiger partial charge in [-0.2, -0.15) is 4.99 Å². The smallest absolute Gasteiger partial charge is 0.252 e. The number of ether oxygens (including phenoxy) is 1. The van der Waals surface area contributed by atoms with Crippen LogP contribution in [0.15, 0.2) is 47.5 Å². The number of amides is 1. The summed E-state index contributed by atoms with van der Waals surface area (Å²) in [6, 6.07) is 13.1. The van der Waals surface area contributed by atoms with Gasteiger partial charge in [-0.15, -0.1) is 0 Å². The SMILES string of the molecule is COc1ccccc1CC(=O)N=C1S[C@H]2CS(=O)(=O)C[C@H]2N1c1c(C)cccc1C. The topological polar surface area (TPSA) is 76.0 Å². The Kier molecular flexibility index (Phi) is 5.63. The molecule has 158 valence electrons. The van der Waals surface area contributed by atoms with Crippen molar-refractivity contribution in [1.82, 2.24) is 0 Å². The number of fused-ring (bicyclic) bond motifs is 1. The maximum atomic E-state index is 12.8. The van der Waals surface area contributed by atoms with E-state index in [1.165, 1.54) is 11.8 Å². The van der Waals surface area contributed by atoms with Gasteiger partial charge in [-0.25, -0.2) is 8.42 Å². The molecule has 2 fully saturated rings. The number of hydrogen-bond donors (Lipinski definition) is 0. The molecule has 2 heterocycles. The summed E-state index contributed by atoms with van der Waals surface area (Å²) in [6.45, 7) is 4.00. The molecule has 0 radical (unpaired) electrons. The van der Waals surface area contributed by atoms with Gasteiger partial charge in [-0.05, 0) is 31.0 Å². The molecule has 0 unspecified atom stereocenters. The molecule has 0 N–H and O–H groups in total. The first-order chi connectivity index (χ1) is 14.3. The van der Waals surface area contributed by atoms with Crippen LogP contribution in [0.5, 0.6) is 5.75 Å². The fraction of sp³-hybridized carbons (Fsp3) is 0.364. The molecule has 2 aromatic rings. The Morgan fingerprint density at radius 1 is 1.13 bits per heavy atom. The molecule has 6 nitrogen and oxygen atoms in total. The van der Waals surface area contributed by atoms with E-state index in [9.17, 15) is 13.2 Å². The Bertz CT molecular complexity index is 1110. The number of carbonyl (C=O) groups excluding carboxylic acids is 1. The number of sulfone groups is 1. The molecular weight excluding hydrogens is 420 g/mol. The fourth-order valence-electron chi connectivity index (χ4n) is 4.17. The highest BCUT2D eigenvalue weighted by Crippen LogP contribution is 2.43. The van der Waals surface area contributed by atoms with Crippen molar-refractivity contribution in [3.63, 3.8) is 0 Å². The molecule has 8 heteroatoms. The van der Waals surface area contributed by atoms with E-state index in [2.05, 4.69) is 4.99 Å². The molecule has 30 heavy (non-hydrogen) atoms. The number of anilines is 1. The Balaban J connectivity index is 1.70. The summed E-state index contributed by atoms with van der Waals surface area (Å²) in [7, 11) is -1.52. The van der Waals surface area contributed by atoms with E-state index >= 15 is 0 Å². The van der Waals surface area contributed by atoms with Gasteiger partial charge < -0.3 is 9.64 Å². The number of benzene rings is 2. The Hall–Kier alpha value is -2.32. The van der Waals surface area contributed by atoms with E-state index in [0.717, 1.165) is 22.4 Å². The van der Waals surface area contributed by atoms with E-state index in [1.807, 2.05) is 61.2 Å². The van der Waals surface area contributed by atoms with E-state index in [4.69, 9.17) is 4.74 Å². The second-order valence-corrected chi connectivity index (χ2v) is 11.0. The molecule has 0 aliphatic carbocycles. The van der Waals surface area contributed by atoms with Crippen LogP contribution in [0.3, 0.4) is 0 Å². The molecule has 2 atom stereocenters. The van der Waals surface area contributed by atoms with Gasteiger partial charge in [0.15, 0.2) is 15.0 Å². The van der Waals surface area contributed by atoms with E-state index in [0.29, 0.717) is 10.9 Å². The molecular formula is C22H24N2O4S2. The van der Waals surface area contributed by atoms with Crippen LogP contribution in [-0.4, -0.2) is 49.4 Å². The number of thioether (sulfide) groups is 1. The zero-order valence-electron chi connectivity index (χ0n) is 17.2. The summed E-state index contributed by atoms with van der Waals surface area (Å²) in [6.07, 6.45) is 0.127. The van der Waals surface area contributed by atoms with Crippen LogP contribution in [0, 0.1) is 13.8 Å². The summed E-state index contributed by atoms with van der Waals surface area (Å²) in [5.41, 5.74) is 3.79. The van der Waals surface area contributed by atoms with Crippen molar-refractivity contribution >= 4 is 38.4 Å². The molecule has 2 saturated heterocycles. The van der Waals surface area contributed by atoms with Crippen LogP contribution in [-0.2, 0) is 21.1 Å². The fourth-order valence-corrected chi connectivity index (χ4v) is 8.09. The lowest BCUT2D eigenvalue weighted by atomic mass is 10.1. The molecule has 0 saturated carbocycles. The predicted octanol–water partition coefficient (Wildman–Crippen LogP) is 3.16. The van der Waals surface area contributed by atoms with Gasteiger partial charge in [0.2, 0.25) is 0 Å². The number of aliphatic imine (C=N–C) groups is 1. The zero-order chi connectivity index (χ0) is 21.5. The van der Waals surface area contributed by atoms with E-state index in [1.54, 1.807) is 7.11 Å². The molecule has 1 amide bonds. The monoisotopic (exact) mass is 444 g/mol. The van der Waals surface area contributed by atoms with E-state index < -0.39 is 9.84 Å². The van der Waals surface area contributed by atoms with Gasteiger partial charge in [0, 0.05) is 16.5 Å². The number of para-hydroxylation sites is 2. The van der Waals surface area contributed by atoms with Gasteiger partial charge >= 0.3 is 0 Å². The Morgan fingerprint density at radius 3 is 2.53 bits per heavy atom. The Morgan fingerprint density at radius 2 is 1.83 bits per heavy atom. The van der Waals surface area contributed by atoms with Crippen LogP contribution in [0.25, 0.3) is 0 Å². The normalized spacial score (nSPS) is 23.6. The van der Waals surface area contributed by atoms with Crippen molar-refractivity contribution in [3.8, 4) is 5.75 Å².